The molecule has 200 valence electrons. The molecule has 1 aromatic heterocycles. The fraction of sp³-hybridized carbons (Fsp3) is 0.259. The Morgan fingerprint density at radius 1 is 0.921 bits per heavy atom. The van der Waals surface area contributed by atoms with Crippen LogP contribution in [0.2, 0.25) is 0 Å². The number of rotatable bonds is 12. The Kier molecular flexibility index (Phi) is 9.80. The van der Waals surface area contributed by atoms with Crippen LogP contribution in [0.3, 0.4) is 0 Å². The van der Waals surface area contributed by atoms with E-state index in [4.69, 9.17) is 14.2 Å². The molecule has 0 amide bonds. The van der Waals surface area contributed by atoms with Gasteiger partial charge in [0.1, 0.15) is 11.5 Å². The molecule has 38 heavy (non-hydrogen) atoms. The Morgan fingerprint density at radius 2 is 1.50 bits per heavy atom. The van der Waals surface area contributed by atoms with Gasteiger partial charge in [-0.1, -0.05) is 24.3 Å². The smallest absolute Gasteiger partial charge is 0.316 e. The quantitative estimate of drug-likeness (QED) is 0.135. The van der Waals surface area contributed by atoms with Gasteiger partial charge in [0.2, 0.25) is 10.0 Å². The number of ether oxygens (including phenoxy) is 3. The minimum atomic E-state index is -3.61. The molecule has 0 radical (unpaired) electrons. The number of fused-ring (bicyclic) bond motifs is 1. The van der Waals surface area contributed by atoms with Crippen molar-refractivity contribution >= 4 is 59.4 Å². The Hall–Kier alpha value is -2.48. The van der Waals surface area contributed by atoms with E-state index >= 15 is 0 Å². The molecule has 0 saturated heterocycles. The summed E-state index contributed by atoms with van der Waals surface area (Å²) in [4.78, 5) is 8.70. The van der Waals surface area contributed by atoms with Gasteiger partial charge in [0, 0.05) is 32.7 Å². The zero-order valence-corrected chi connectivity index (χ0v) is 25.5. The standard InChI is InChI=1S/C27H27BrIN3O5S/c1-35-22-8-4-19(5-9-22)17-32(18-20-6-10-23(36-2)11-7-20)38(33,34)13-3-12-37-27-30-16-21-14-24(28)25(29)15-26(21)31-27/h4-11,14-16H,3,12-13,17-18H2,1-2H3. The molecule has 0 saturated carbocycles. The van der Waals surface area contributed by atoms with E-state index in [0.29, 0.717) is 17.9 Å². The molecule has 0 aliphatic rings. The molecule has 0 fully saturated rings. The number of aromatic nitrogens is 2. The Labute approximate surface area is 244 Å². The van der Waals surface area contributed by atoms with Gasteiger partial charge in [-0.25, -0.2) is 13.4 Å². The van der Waals surface area contributed by atoms with Gasteiger partial charge in [0.25, 0.3) is 0 Å². The summed E-state index contributed by atoms with van der Waals surface area (Å²) in [7, 11) is -0.411. The molecule has 3 aromatic carbocycles. The minimum Gasteiger partial charge on any atom is -0.497 e. The summed E-state index contributed by atoms with van der Waals surface area (Å²) in [6, 6.07) is 18.9. The van der Waals surface area contributed by atoms with Gasteiger partial charge in [0.15, 0.2) is 0 Å². The molecule has 0 aliphatic carbocycles. The van der Waals surface area contributed by atoms with Crippen LogP contribution >= 0.6 is 38.5 Å². The number of hydrogen-bond acceptors (Lipinski definition) is 7. The van der Waals surface area contributed by atoms with Crippen molar-refractivity contribution in [2.24, 2.45) is 0 Å². The Morgan fingerprint density at radius 3 is 2.05 bits per heavy atom. The third-order valence-corrected chi connectivity index (χ3v) is 9.95. The monoisotopic (exact) mass is 711 g/mol. The largest absolute Gasteiger partial charge is 0.497 e. The van der Waals surface area contributed by atoms with Gasteiger partial charge >= 0.3 is 6.01 Å². The second-order valence-electron chi connectivity index (χ2n) is 8.46. The van der Waals surface area contributed by atoms with Crippen LogP contribution in [0.15, 0.2) is 71.3 Å². The molecule has 4 aromatic rings. The van der Waals surface area contributed by atoms with E-state index in [1.165, 1.54) is 4.31 Å². The number of methoxy groups -OCH3 is 2. The maximum absolute atomic E-state index is 13.4. The summed E-state index contributed by atoms with van der Waals surface area (Å²) in [6.07, 6.45) is 1.99. The highest BCUT2D eigenvalue weighted by Crippen LogP contribution is 2.25. The van der Waals surface area contributed by atoms with E-state index in [1.807, 2.05) is 60.7 Å². The first-order valence-electron chi connectivity index (χ1n) is 11.8. The summed E-state index contributed by atoms with van der Waals surface area (Å²) < 4.78 is 46.5. The Balaban J connectivity index is 1.42. The summed E-state index contributed by atoms with van der Waals surface area (Å²) in [5, 5.41) is 0.889. The van der Waals surface area contributed by atoms with Crippen molar-refractivity contribution in [2.75, 3.05) is 26.6 Å². The van der Waals surface area contributed by atoms with E-state index in [9.17, 15) is 8.42 Å². The fourth-order valence-corrected chi connectivity index (χ4v) is 5.98. The summed E-state index contributed by atoms with van der Waals surface area (Å²) in [6.45, 7) is 0.652. The predicted molar refractivity (Wildman–Crippen MR) is 159 cm³/mol. The van der Waals surface area contributed by atoms with E-state index in [-0.39, 0.29) is 31.5 Å². The molecule has 1 heterocycles. The molecule has 4 rings (SSSR count). The predicted octanol–water partition coefficient (Wildman–Crippen LogP) is 5.82. The topological polar surface area (TPSA) is 90.9 Å². The zero-order valence-electron chi connectivity index (χ0n) is 20.9. The number of halogens is 2. The van der Waals surface area contributed by atoms with E-state index in [2.05, 4.69) is 48.5 Å². The maximum Gasteiger partial charge on any atom is 0.316 e. The van der Waals surface area contributed by atoms with Crippen LogP contribution in [-0.2, 0) is 23.1 Å². The molecule has 11 heteroatoms. The molecule has 0 N–H and O–H groups in total. The summed E-state index contributed by atoms with van der Waals surface area (Å²) in [5.41, 5.74) is 2.50. The summed E-state index contributed by atoms with van der Waals surface area (Å²) in [5.74, 6) is 1.36. The van der Waals surface area contributed by atoms with Crippen molar-refractivity contribution in [1.82, 2.24) is 14.3 Å². The Bertz CT molecular complexity index is 1440. The SMILES string of the molecule is COc1ccc(CN(Cc2ccc(OC)cc2)S(=O)(=O)CCCOc2ncc3cc(Br)c(I)cc3n2)cc1. The molecule has 0 bridgehead atoms. The first-order chi connectivity index (χ1) is 18.3. The number of sulfonamides is 1. The van der Waals surface area contributed by atoms with E-state index in [0.717, 1.165) is 30.1 Å². The van der Waals surface area contributed by atoms with Crippen LogP contribution in [0, 0.1) is 3.57 Å². The van der Waals surface area contributed by atoms with Gasteiger partial charge in [-0.2, -0.15) is 9.29 Å². The van der Waals surface area contributed by atoms with Crippen molar-refractivity contribution in [3.05, 3.63) is 86.0 Å². The van der Waals surface area contributed by atoms with Gasteiger partial charge in [0.05, 0.1) is 32.1 Å². The van der Waals surface area contributed by atoms with Crippen molar-refractivity contribution in [1.29, 1.82) is 0 Å². The van der Waals surface area contributed by atoms with Crippen LogP contribution in [0.4, 0.5) is 0 Å². The van der Waals surface area contributed by atoms with Crippen LogP contribution in [-0.4, -0.2) is 49.3 Å². The third-order valence-electron chi connectivity index (χ3n) is 5.81. The lowest BCUT2D eigenvalue weighted by atomic mass is 10.2. The number of benzene rings is 3. The maximum atomic E-state index is 13.4. The van der Waals surface area contributed by atoms with E-state index < -0.39 is 10.0 Å². The van der Waals surface area contributed by atoms with Gasteiger partial charge in [-0.3, -0.25) is 0 Å². The number of hydrogen-bond donors (Lipinski definition) is 0. The zero-order chi connectivity index (χ0) is 27.1. The third kappa shape index (κ3) is 7.55. The molecule has 8 nitrogen and oxygen atoms in total. The lowest BCUT2D eigenvalue weighted by Gasteiger charge is -2.23. The van der Waals surface area contributed by atoms with Crippen molar-refractivity contribution in [3.63, 3.8) is 0 Å². The second-order valence-corrected chi connectivity index (χ2v) is 12.6. The molecular formula is C27H27BrIN3O5S. The highest BCUT2D eigenvalue weighted by Gasteiger charge is 2.23. The highest BCUT2D eigenvalue weighted by molar-refractivity contribution is 14.1. The van der Waals surface area contributed by atoms with Gasteiger partial charge in [-0.05, 0) is 92.5 Å². The van der Waals surface area contributed by atoms with Crippen molar-refractivity contribution in [3.8, 4) is 17.5 Å². The normalized spacial score (nSPS) is 11.6. The molecule has 0 atom stereocenters. The second kappa shape index (κ2) is 13.0. The van der Waals surface area contributed by atoms with Gasteiger partial charge in [-0.15, -0.1) is 0 Å². The lowest BCUT2D eigenvalue weighted by Crippen LogP contribution is -2.32. The van der Waals surface area contributed by atoms with Crippen LogP contribution < -0.4 is 14.2 Å². The van der Waals surface area contributed by atoms with Crippen LogP contribution in [0.25, 0.3) is 10.9 Å². The van der Waals surface area contributed by atoms with E-state index in [1.54, 1.807) is 20.4 Å². The molecule has 0 spiro atoms. The average Bonchev–Trinajstić information content (AvgIpc) is 2.92. The fourth-order valence-electron chi connectivity index (χ4n) is 3.73. The first kappa shape index (κ1) is 28.5. The first-order valence-corrected chi connectivity index (χ1v) is 15.2. The van der Waals surface area contributed by atoms with Crippen LogP contribution in [0.1, 0.15) is 17.5 Å². The number of nitrogens with zero attached hydrogens (tertiary/aromatic N) is 3. The lowest BCUT2D eigenvalue weighted by molar-refractivity contribution is 0.292. The molecular weight excluding hydrogens is 685 g/mol. The van der Waals surface area contributed by atoms with Crippen molar-refractivity contribution < 1.29 is 22.6 Å². The van der Waals surface area contributed by atoms with Gasteiger partial charge < -0.3 is 14.2 Å². The molecule has 0 aliphatic heterocycles. The average molecular weight is 712 g/mol. The summed E-state index contributed by atoms with van der Waals surface area (Å²) >= 11 is 5.73. The van der Waals surface area contributed by atoms with Crippen molar-refractivity contribution in [2.45, 2.75) is 19.5 Å². The minimum absolute atomic E-state index is 0.0717. The van der Waals surface area contributed by atoms with Crippen LogP contribution in [0.5, 0.6) is 17.5 Å². The molecule has 0 unspecified atom stereocenters. The highest BCUT2D eigenvalue weighted by atomic mass is 127.